The number of sulfonamides is 1. The van der Waals surface area contributed by atoms with Gasteiger partial charge in [0, 0.05) is 17.8 Å². The Balaban J connectivity index is 1.46. The molecule has 0 radical (unpaired) electrons. The lowest BCUT2D eigenvalue weighted by atomic mass is 10.2. The van der Waals surface area contributed by atoms with Crippen LogP contribution in [0.4, 0.5) is 13.2 Å². The van der Waals surface area contributed by atoms with Crippen LogP contribution >= 0.6 is 11.6 Å². The van der Waals surface area contributed by atoms with Gasteiger partial charge in [-0.15, -0.1) is 0 Å². The number of pyridine rings is 1. The molecule has 0 atom stereocenters. The summed E-state index contributed by atoms with van der Waals surface area (Å²) in [4.78, 5) is 11.8. The van der Waals surface area contributed by atoms with E-state index in [1.807, 2.05) is 6.92 Å². The molecule has 11 heteroatoms. The molecule has 1 saturated carbocycles. The van der Waals surface area contributed by atoms with Crippen molar-refractivity contribution in [3.05, 3.63) is 57.0 Å². The molecule has 162 valence electrons. The van der Waals surface area contributed by atoms with Crippen molar-refractivity contribution >= 4 is 21.6 Å². The Morgan fingerprint density at radius 1 is 1.13 bits per heavy atom. The van der Waals surface area contributed by atoms with E-state index in [1.54, 1.807) is 10.6 Å². The number of alkyl halides is 3. The summed E-state index contributed by atoms with van der Waals surface area (Å²) in [5.41, 5.74) is -0.605. The second-order valence-electron chi connectivity index (χ2n) is 7.47. The van der Waals surface area contributed by atoms with Gasteiger partial charge in [-0.1, -0.05) is 11.6 Å². The standard InChI is InChI=1S/C19H18ClF3N2O4S/c1-11-6-13(7-18(26)25(11)12-2-3-12)29-14-9-24(10-14)30(27,28)15-4-5-17(20)16(8-15)19(21,22)23/h4-8,12,14H,2-3,9-10H2,1H3. The third-order valence-corrected chi connectivity index (χ3v) is 7.30. The Labute approximate surface area is 175 Å². The van der Waals surface area contributed by atoms with E-state index in [4.69, 9.17) is 16.3 Å². The maximum Gasteiger partial charge on any atom is 0.417 e. The maximum absolute atomic E-state index is 13.0. The summed E-state index contributed by atoms with van der Waals surface area (Å²) in [7, 11) is -4.12. The Hall–Kier alpha value is -2.04. The van der Waals surface area contributed by atoms with E-state index in [-0.39, 0.29) is 24.7 Å². The van der Waals surface area contributed by atoms with Gasteiger partial charge in [-0.2, -0.15) is 17.5 Å². The summed E-state index contributed by atoms with van der Waals surface area (Å²) in [6, 6.07) is 5.83. The van der Waals surface area contributed by atoms with Crippen LogP contribution < -0.4 is 10.3 Å². The number of nitrogens with zero attached hydrogens (tertiary/aromatic N) is 2. The molecular weight excluding hydrogens is 445 g/mol. The van der Waals surface area contributed by atoms with Crippen LogP contribution in [0.1, 0.15) is 30.1 Å². The monoisotopic (exact) mass is 462 g/mol. The fraction of sp³-hybridized carbons (Fsp3) is 0.421. The third kappa shape index (κ3) is 3.95. The Kier molecular flexibility index (Phi) is 5.14. The molecular formula is C19H18ClF3N2O4S. The molecule has 0 unspecified atom stereocenters. The number of hydrogen-bond acceptors (Lipinski definition) is 4. The summed E-state index contributed by atoms with van der Waals surface area (Å²) in [5, 5.41) is -0.567. The van der Waals surface area contributed by atoms with Gasteiger partial charge in [0.05, 0.1) is 28.6 Å². The SMILES string of the molecule is Cc1cc(OC2CN(S(=O)(=O)c3ccc(Cl)c(C(F)(F)F)c3)C2)cc(=O)n1C1CC1. The van der Waals surface area contributed by atoms with E-state index in [0.717, 1.165) is 35.0 Å². The molecule has 2 heterocycles. The lowest BCUT2D eigenvalue weighted by molar-refractivity contribution is -0.137. The first-order chi connectivity index (χ1) is 14.0. The molecule has 2 aromatic rings. The molecule has 2 fully saturated rings. The Bertz CT molecular complexity index is 1150. The number of rotatable bonds is 5. The predicted molar refractivity (Wildman–Crippen MR) is 103 cm³/mol. The Morgan fingerprint density at radius 3 is 2.37 bits per heavy atom. The van der Waals surface area contributed by atoms with Crippen LogP contribution in [-0.4, -0.2) is 36.5 Å². The number of hydrogen-bond donors (Lipinski definition) is 0. The molecule has 0 N–H and O–H groups in total. The van der Waals surface area contributed by atoms with E-state index < -0.39 is 37.8 Å². The van der Waals surface area contributed by atoms with E-state index >= 15 is 0 Å². The van der Waals surface area contributed by atoms with Crippen molar-refractivity contribution in [3.8, 4) is 5.75 Å². The van der Waals surface area contributed by atoms with Gasteiger partial charge >= 0.3 is 6.18 Å². The summed E-state index contributed by atoms with van der Waals surface area (Å²) in [6.07, 6.45) is -3.32. The number of halogens is 4. The fourth-order valence-corrected chi connectivity index (χ4v) is 5.20. The molecule has 4 rings (SSSR count). The number of benzene rings is 1. The first kappa shape index (κ1) is 21.2. The molecule has 1 aromatic carbocycles. The van der Waals surface area contributed by atoms with E-state index in [9.17, 15) is 26.4 Å². The van der Waals surface area contributed by atoms with Gasteiger partial charge in [-0.05, 0) is 44.0 Å². The van der Waals surface area contributed by atoms with Crippen LogP contribution in [0, 0.1) is 6.92 Å². The summed E-state index contributed by atoms with van der Waals surface area (Å²) >= 11 is 5.56. The van der Waals surface area contributed by atoms with Gasteiger partial charge in [0.15, 0.2) is 0 Å². The number of ether oxygens (including phenoxy) is 1. The average molecular weight is 463 g/mol. The van der Waals surface area contributed by atoms with Gasteiger partial charge < -0.3 is 9.30 Å². The highest BCUT2D eigenvalue weighted by molar-refractivity contribution is 7.89. The van der Waals surface area contributed by atoms with Gasteiger partial charge in [0.2, 0.25) is 10.0 Å². The molecule has 0 amide bonds. The van der Waals surface area contributed by atoms with Crippen LogP contribution in [0.15, 0.2) is 40.0 Å². The lowest BCUT2D eigenvalue weighted by Crippen LogP contribution is -2.56. The predicted octanol–water partition coefficient (Wildman–Crippen LogP) is 3.62. The molecule has 6 nitrogen and oxygen atoms in total. The largest absolute Gasteiger partial charge is 0.487 e. The zero-order valence-corrected chi connectivity index (χ0v) is 17.4. The van der Waals surface area contributed by atoms with Crippen LogP contribution in [0.25, 0.3) is 0 Å². The highest BCUT2D eigenvalue weighted by Crippen LogP contribution is 2.37. The number of aromatic nitrogens is 1. The van der Waals surface area contributed by atoms with Crippen molar-refractivity contribution < 1.29 is 26.3 Å². The topological polar surface area (TPSA) is 68.6 Å². The minimum absolute atomic E-state index is 0.0307. The van der Waals surface area contributed by atoms with Crippen LogP contribution in [-0.2, 0) is 16.2 Å². The summed E-state index contributed by atoms with van der Waals surface area (Å²) in [6.45, 7) is 1.75. The molecule has 1 saturated heterocycles. The lowest BCUT2D eigenvalue weighted by Gasteiger charge is -2.38. The average Bonchev–Trinajstić information content (AvgIpc) is 3.41. The van der Waals surface area contributed by atoms with Crippen molar-refractivity contribution in [1.82, 2.24) is 8.87 Å². The molecule has 2 aliphatic rings. The Morgan fingerprint density at radius 2 is 1.80 bits per heavy atom. The first-order valence-electron chi connectivity index (χ1n) is 9.23. The van der Waals surface area contributed by atoms with Crippen molar-refractivity contribution in [3.63, 3.8) is 0 Å². The molecule has 0 spiro atoms. The van der Waals surface area contributed by atoms with Crippen LogP contribution in [0.5, 0.6) is 5.75 Å². The summed E-state index contributed by atoms with van der Waals surface area (Å²) < 4.78 is 72.8. The fourth-order valence-electron chi connectivity index (χ4n) is 3.45. The molecule has 0 bridgehead atoms. The van der Waals surface area contributed by atoms with Crippen molar-refractivity contribution in [2.24, 2.45) is 0 Å². The minimum atomic E-state index is -4.76. The van der Waals surface area contributed by atoms with Gasteiger partial charge in [0.25, 0.3) is 5.56 Å². The van der Waals surface area contributed by atoms with E-state index in [0.29, 0.717) is 11.8 Å². The molecule has 30 heavy (non-hydrogen) atoms. The van der Waals surface area contributed by atoms with Gasteiger partial charge in [0.1, 0.15) is 11.9 Å². The van der Waals surface area contributed by atoms with E-state index in [2.05, 4.69) is 0 Å². The number of aryl methyl sites for hydroxylation is 1. The van der Waals surface area contributed by atoms with Crippen molar-refractivity contribution in [1.29, 1.82) is 0 Å². The second kappa shape index (κ2) is 7.28. The molecule has 1 aliphatic carbocycles. The highest BCUT2D eigenvalue weighted by atomic mass is 35.5. The van der Waals surface area contributed by atoms with Crippen LogP contribution in [0.2, 0.25) is 5.02 Å². The molecule has 1 aromatic heterocycles. The summed E-state index contributed by atoms with van der Waals surface area (Å²) in [5.74, 6) is 0.349. The minimum Gasteiger partial charge on any atom is -0.487 e. The van der Waals surface area contributed by atoms with E-state index in [1.165, 1.54) is 6.07 Å². The zero-order valence-electron chi connectivity index (χ0n) is 15.8. The van der Waals surface area contributed by atoms with Gasteiger partial charge in [-0.3, -0.25) is 4.79 Å². The maximum atomic E-state index is 13.0. The quantitative estimate of drug-likeness (QED) is 0.680. The highest BCUT2D eigenvalue weighted by Gasteiger charge is 2.40. The normalized spacial score (nSPS) is 18.3. The van der Waals surface area contributed by atoms with Gasteiger partial charge in [-0.25, -0.2) is 8.42 Å². The van der Waals surface area contributed by atoms with Crippen molar-refractivity contribution in [2.75, 3.05) is 13.1 Å². The third-order valence-electron chi connectivity index (χ3n) is 5.14. The smallest absolute Gasteiger partial charge is 0.417 e. The second-order valence-corrected chi connectivity index (χ2v) is 9.82. The zero-order chi connectivity index (χ0) is 21.8. The molecule has 1 aliphatic heterocycles. The first-order valence-corrected chi connectivity index (χ1v) is 11.1. The van der Waals surface area contributed by atoms with Crippen molar-refractivity contribution in [2.45, 2.75) is 43.0 Å². The van der Waals surface area contributed by atoms with Crippen LogP contribution in [0.3, 0.4) is 0 Å².